The van der Waals surface area contributed by atoms with E-state index in [0.29, 0.717) is 119 Å². The Hall–Kier alpha value is -2.40. The molecular formula is C37H65NO13. The average Bonchev–Trinajstić information content (AvgIpc) is 3.12. The molecule has 2 N–H and O–H groups in total. The molecule has 0 aliphatic rings. The lowest BCUT2D eigenvalue weighted by atomic mass is 10.0. The minimum atomic E-state index is -1.12. The zero-order valence-electron chi connectivity index (χ0n) is 31.0. The highest BCUT2D eigenvalue weighted by atomic mass is 16.6. The monoisotopic (exact) mass is 731 g/mol. The van der Waals surface area contributed by atoms with Gasteiger partial charge in [-0.2, -0.15) is 0 Å². The molecule has 0 radical (unpaired) electrons. The van der Waals surface area contributed by atoms with Crippen molar-refractivity contribution in [2.24, 2.45) is 0 Å². The molecule has 1 rings (SSSR count). The Morgan fingerprint density at radius 2 is 0.922 bits per heavy atom. The summed E-state index contributed by atoms with van der Waals surface area (Å²) in [6.07, 6.45) is 10.5. The minimum absolute atomic E-state index is 0.299. The molecule has 14 nitrogen and oxygen atoms in total. The number of ether oxygens (including phenoxy) is 10. The van der Waals surface area contributed by atoms with E-state index in [0.717, 1.165) is 12.2 Å². The third-order valence-corrected chi connectivity index (χ3v) is 7.12. The van der Waals surface area contributed by atoms with Crippen LogP contribution in [0.2, 0.25) is 0 Å². The van der Waals surface area contributed by atoms with Gasteiger partial charge in [-0.25, -0.2) is 4.79 Å². The molecule has 51 heavy (non-hydrogen) atoms. The van der Waals surface area contributed by atoms with Crippen LogP contribution in [-0.4, -0.2) is 149 Å². The number of carbonyl (C=O) groups excluding carboxylic acids is 1. The fourth-order valence-electron chi connectivity index (χ4n) is 4.44. The molecule has 0 atom stereocenters. The number of hydrogen-bond donors (Lipinski definition) is 2. The lowest BCUT2D eigenvalue weighted by molar-refractivity contribution is -0.143. The lowest BCUT2D eigenvalue weighted by Crippen LogP contribution is -2.31. The van der Waals surface area contributed by atoms with E-state index in [1.54, 1.807) is 0 Å². The minimum Gasteiger partial charge on any atom is -0.491 e. The highest BCUT2D eigenvalue weighted by Crippen LogP contribution is 2.15. The van der Waals surface area contributed by atoms with E-state index in [1.807, 2.05) is 12.1 Å². The first-order chi connectivity index (χ1) is 25.1. The molecule has 1 amide bonds. The Bertz CT molecular complexity index is 907. The Morgan fingerprint density at radius 1 is 0.510 bits per heavy atom. The molecule has 14 heteroatoms. The predicted molar refractivity (Wildman–Crippen MR) is 192 cm³/mol. The molecule has 0 unspecified atom stereocenters. The van der Waals surface area contributed by atoms with Crippen molar-refractivity contribution in [3.05, 3.63) is 29.8 Å². The van der Waals surface area contributed by atoms with Gasteiger partial charge < -0.3 is 57.8 Å². The number of carboxylic acids is 1. The smallest absolute Gasteiger partial charge is 0.329 e. The molecule has 1 aromatic carbocycles. The van der Waals surface area contributed by atoms with Crippen molar-refractivity contribution in [3.63, 3.8) is 0 Å². The fraction of sp³-hybridized carbons (Fsp3) is 0.784. The molecule has 1 aromatic rings. The topological polar surface area (TPSA) is 159 Å². The fourth-order valence-corrected chi connectivity index (χ4v) is 4.44. The average molecular weight is 732 g/mol. The highest BCUT2D eigenvalue weighted by Gasteiger charge is 2.03. The van der Waals surface area contributed by atoms with Crippen LogP contribution in [0.1, 0.15) is 57.4 Å². The number of nitrogens with one attached hydrogen (secondary N) is 1. The van der Waals surface area contributed by atoms with E-state index in [4.69, 9.17) is 47.7 Å². The van der Waals surface area contributed by atoms with Gasteiger partial charge in [-0.15, -0.1) is 0 Å². The van der Waals surface area contributed by atoms with Crippen molar-refractivity contribution < 1.29 is 62.1 Å². The normalized spacial score (nSPS) is 11.2. The van der Waals surface area contributed by atoms with Crippen LogP contribution in [0.5, 0.6) is 5.75 Å². The van der Waals surface area contributed by atoms with Gasteiger partial charge in [-0.1, -0.05) is 57.6 Å². The number of amides is 1. The molecule has 0 aromatic heterocycles. The van der Waals surface area contributed by atoms with Crippen LogP contribution in [0.4, 0.5) is 0 Å². The number of benzene rings is 1. The van der Waals surface area contributed by atoms with Crippen molar-refractivity contribution in [1.29, 1.82) is 0 Å². The largest absolute Gasteiger partial charge is 0.491 e. The van der Waals surface area contributed by atoms with Crippen molar-refractivity contribution >= 4 is 11.9 Å². The number of carboxylic acid groups (broad SMARTS) is 1. The van der Waals surface area contributed by atoms with Gasteiger partial charge in [0.15, 0.2) is 0 Å². The predicted octanol–water partition coefficient (Wildman–Crippen LogP) is 3.71. The highest BCUT2D eigenvalue weighted by molar-refractivity contribution is 5.77. The molecule has 0 bridgehead atoms. The molecular weight excluding hydrogens is 666 g/mol. The van der Waals surface area contributed by atoms with Gasteiger partial charge in [0.25, 0.3) is 0 Å². The zero-order chi connectivity index (χ0) is 36.7. The van der Waals surface area contributed by atoms with Gasteiger partial charge in [0.1, 0.15) is 25.6 Å². The molecule has 0 fully saturated rings. The Labute approximate surface area is 305 Å². The molecule has 0 aliphatic heterocycles. The van der Waals surface area contributed by atoms with Gasteiger partial charge in [0.05, 0.1) is 106 Å². The van der Waals surface area contributed by atoms with E-state index >= 15 is 0 Å². The van der Waals surface area contributed by atoms with Crippen LogP contribution in [0.25, 0.3) is 0 Å². The maximum atomic E-state index is 11.4. The number of rotatable bonds is 40. The first-order valence-corrected chi connectivity index (χ1v) is 18.5. The number of aryl methyl sites for hydroxylation is 1. The van der Waals surface area contributed by atoms with Crippen molar-refractivity contribution in [2.75, 3.05) is 132 Å². The second-order valence-electron chi connectivity index (χ2n) is 11.5. The van der Waals surface area contributed by atoms with Crippen molar-refractivity contribution in [1.82, 2.24) is 5.32 Å². The van der Waals surface area contributed by atoms with E-state index in [9.17, 15) is 9.59 Å². The summed E-state index contributed by atoms with van der Waals surface area (Å²) in [6, 6.07) is 8.42. The summed E-state index contributed by atoms with van der Waals surface area (Å²) < 4.78 is 54.2. The summed E-state index contributed by atoms with van der Waals surface area (Å²) in [6.45, 7) is 9.69. The van der Waals surface area contributed by atoms with Crippen LogP contribution in [0.3, 0.4) is 0 Å². The summed E-state index contributed by atoms with van der Waals surface area (Å²) in [7, 11) is 0. The second-order valence-corrected chi connectivity index (χ2v) is 11.5. The van der Waals surface area contributed by atoms with Crippen LogP contribution in [0, 0.1) is 0 Å². The molecule has 0 heterocycles. The number of aliphatic carboxylic acids is 1. The number of carbonyl (C=O) groups is 2. The maximum Gasteiger partial charge on any atom is 0.329 e. The summed E-state index contributed by atoms with van der Waals surface area (Å²) in [5, 5.41) is 11.0. The van der Waals surface area contributed by atoms with Gasteiger partial charge in [0, 0.05) is 6.54 Å². The number of hydrogen-bond acceptors (Lipinski definition) is 12. The lowest BCUT2D eigenvalue weighted by Gasteiger charge is -2.09. The standard InChI is InChI=1S/C37H65NO13/c1-2-3-4-5-6-7-8-9-34-10-12-35(13-11-34)51-31-30-49-29-28-48-27-26-47-25-24-46-23-22-45-21-20-44-19-18-43-17-16-42-15-14-38-36(39)32-50-33-37(40)41/h10-13H,2-9,14-33H2,1H3,(H,38,39)(H,40,41). The van der Waals surface area contributed by atoms with Gasteiger partial charge in [-0.05, 0) is 30.5 Å². The Morgan fingerprint density at radius 3 is 1.37 bits per heavy atom. The maximum absolute atomic E-state index is 11.4. The first-order valence-electron chi connectivity index (χ1n) is 18.5. The molecule has 0 aliphatic carbocycles. The van der Waals surface area contributed by atoms with E-state index < -0.39 is 18.5 Å². The second kappa shape index (κ2) is 37.4. The summed E-state index contributed by atoms with van der Waals surface area (Å²) in [5.41, 5.74) is 1.37. The van der Waals surface area contributed by atoms with Gasteiger partial charge in [-0.3, -0.25) is 4.79 Å². The van der Waals surface area contributed by atoms with Crippen molar-refractivity contribution in [3.8, 4) is 5.75 Å². The number of unbranched alkanes of at least 4 members (excludes halogenated alkanes) is 6. The summed E-state index contributed by atoms with van der Waals surface area (Å²) in [5.74, 6) is -0.639. The Kier molecular flexibility index (Phi) is 34.2. The third-order valence-electron chi connectivity index (χ3n) is 7.12. The van der Waals surface area contributed by atoms with Crippen LogP contribution in [-0.2, 0) is 58.6 Å². The van der Waals surface area contributed by atoms with E-state index in [1.165, 1.54) is 50.5 Å². The van der Waals surface area contributed by atoms with Gasteiger partial charge in [0.2, 0.25) is 5.91 Å². The first kappa shape index (κ1) is 46.6. The molecule has 0 spiro atoms. The quantitative estimate of drug-likeness (QED) is 0.0943. The molecule has 0 saturated carbocycles. The molecule has 0 saturated heterocycles. The van der Waals surface area contributed by atoms with Crippen LogP contribution >= 0.6 is 0 Å². The zero-order valence-corrected chi connectivity index (χ0v) is 31.0. The van der Waals surface area contributed by atoms with Crippen LogP contribution < -0.4 is 10.1 Å². The summed E-state index contributed by atoms with van der Waals surface area (Å²) >= 11 is 0. The molecule has 296 valence electrons. The Balaban J connectivity index is 1.71. The summed E-state index contributed by atoms with van der Waals surface area (Å²) in [4.78, 5) is 21.7. The van der Waals surface area contributed by atoms with E-state index in [-0.39, 0.29) is 6.61 Å². The van der Waals surface area contributed by atoms with Crippen molar-refractivity contribution in [2.45, 2.75) is 58.3 Å². The van der Waals surface area contributed by atoms with E-state index in [2.05, 4.69) is 29.1 Å². The van der Waals surface area contributed by atoms with Gasteiger partial charge >= 0.3 is 5.97 Å². The SMILES string of the molecule is CCCCCCCCCc1ccc(OCCOCCOCCOCCOCCOCCOCCOCCOCCNC(=O)COCC(=O)O)cc1. The third kappa shape index (κ3) is 34.5. The van der Waals surface area contributed by atoms with Crippen LogP contribution in [0.15, 0.2) is 24.3 Å².